The number of aromatic amines is 1. The van der Waals surface area contributed by atoms with Gasteiger partial charge in [0, 0.05) is 22.2 Å². The molecule has 2 aliphatic rings. The Balaban J connectivity index is 1.65. The fraction of sp³-hybridized carbons (Fsp3) is 0.304. The first kappa shape index (κ1) is 18.4. The zero-order valence-electron chi connectivity index (χ0n) is 15.9. The van der Waals surface area contributed by atoms with Gasteiger partial charge in [0.2, 0.25) is 0 Å². The van der Waals surface area contributed by atoms with Crippen molar-refractivity contribution in [2.75, 3.05) is 0 Å². The summed E-state index contributed by atoms with van der Waals surface area (Å²) in [6.45, 7) is 0. The third-order valence-electron chi connectivity index (χ3n) is 6.08. The fourth-order valence-corrected chi connectivity index (χ4v) is 4.83. The predicted molar refractivity (Wildman–Crippen MR) is 110 cm³/mol. The Hall–Kier alpha value is -2.66. The summed E-state index contributed by atoms with van der Waals surface area (Å²) in [6.07, 6.45) is 5.46. The van der Waals surface area contributed by atoms with Crippen LogP contribution < -0.4 is 0 Å². The van der Waals surface area contributed by atoms with Crippen molar-refractivity contribution in [3.8, 4) is 11.3 Å². The van der Waals surface area contributed by atoms with Gasteiger partial charge in [0.05, 0.1) is 11.7 Å². The maximum absolute atomic E-state index is 13.6. The van der Waals surface area contributed by atoms with Gasteiger partial charge in [-0.1, -0.05) is 55.1 Å². The lowest BCUT2D eigenvalue weighted by atomic mass is 9.91. The highest BCUT2D eigenvalue weighted by Crippen LogP contribution is 2.45. The lowest BCUT2D eigenvalue weighted by Gasteiger charge is -2.36. The van der Waals surface area contributed by atoms with Crippen molar-refractivity contribution in [3.05, 3.63) is 76.2 Å². The largest absolute Gasteiger partial charge is 0.323 e. The minimum Gasteiger partial charge on any atom is -0.323 e. The summed E-state index contributed by atoms with van der Waals surface area (Å²) < 4.78 is 13.6. The third kappa shape index (κ3) is 3.14. The molecule has 4 nitrogen and oxygen atoms in total. The van der Waals surface area contributed by atoms with Crippen LogP contribution in [-0.2, 0) is 0 Å². The number of aromatic nitrogens is 2. The molecule has 6 heteroatoms. The number of nitrogens with zero attached hydrogens (tertiary/aromatic N) is 2. The van der Waals surface area contributed by atoms with Gasteiger partial charge in [-0.05, 0) is 42.7 Å². The number of rotatable bonds is 3. The second-order valence-corrected chi connectivity index (χ2v) is 8.26. The van der Waals surface area contributed by atoms with Crippen molar-refractivity contribution in [1.82, 2.24) is 15.1 Å². The molecule has 1 aliphatic carbocycles. The maximum atomic E-state index is 13.6. The molecule has 1 unspecified atom stereocenters. The van der Waals surface area contributed by atoms with E-state index in [0.29, 0.717) is 10.7 Å². The van der Waals surface area contributed by atoms with Crippen LogP contribution in [0, 0.1) is 5.82 Å². The third-order valence-corrected chi connectivity index (χ3v) is 6.33. The van der Waals surface area contributed by atoms with E-state index in [0.717, 1.165) is 48.1 Å². The number of fused-ring (bicyclic) bond motifs is 1. The Labute approximate surface area is 173 Å². The highest BCUT2D eigenvalue weighted by Gasteiger charge is 2.45. The molecule has 0 spiro atoms. The van der Waals surface area contributed by atoms with Gasteiger partial charge in [0.25, 0.3) is 5.91 Å². The quantitative estimate of drug-likeness (QED) is 0.599. The van der Waals surface area contributed by atoms with E-state index in [-0.39, 0.29) is 23.8 Å². The number of carbonyl (C=O) groups excluding carboxylic acids is 1. The number of nitrogens with one attached hydrogen (secondary N) is 1. The van der Waals surface area contributed by atoms with Gasteiger partial charge < -0.3 is 4.90 Å². The zero-order chi connectivity index (χ0) is 20.0. The van der Waals surface area contributed by atoms with Crippen LogP contribution in [-0.4, -0.2) is 27.0 Å². The molecular weight excluding hydrogens is 389 g/mol. The molecule has 1 amide bonds. The van der Waals surface area contributed by atoms with Gasteiger partial charge in [-0.15, -0.1) is 0 Å². The molecular formula is C23H21ClFN3O. The molecule has 3 aromatic rings. The molecule has 0 radical (unpaired) electrons. The lowest BCUT2D eigenvalue weighted by molar-refractivity contribution is 0.0606. The number of amides is 1. The molecule has 2 heterocycles. The second kappa shape index (κ2) is 7.30. The van der Waals surface area contributed by atoms with Gasteiger partial charge in [-0.25, -0.2) is 4.39 Å². The Kier molecular flexibility index (Phi) is 4.63. The van der Waals surface area contributed by atoms with Gasteiger partial charge in [0.1, 0.15) is 11.5 Å². The summed E-state index contributed by atoms with van der Waals surface area (Å²) in [6, 6.07) is 13.8. The van der Waals surface area contributed by atoms with E-state index in [1.54, 1.807) is 12.1 Å². The van der Waals surface area contributed by atoms with E-state index in [9.17, 15) is 9.18 Å². The fourth-order valence-electron chi connectivity index (χ4n) is 4.70. The minimum atomic E-state index is -0.285. The molecule has 148 valence electrons. The van der Waals surface area contributed by atoms with Crippen LogP contribution in [0.1, 0.15) is 59.8 Å². The number of hydrogen-bond acceptors (Lipinski definition) is 2. The first-order valence-corrected chi connectivity index (χ1v) is 10.4. The molecule has 1 N–H and O–H groups in total. The molecule has 2 aromatic carbocycles. The summed E-state index contributed by atoms with van der Waals surface area (Å²) in [5.74, 6) is -0.304. The standard InChI is InChI=1S/C23H21ClFN3O/c24-16-10-6-14(7-11-16)20-19-21(27-26-20)23(29)28(18-4-2-1-3-5-18)22(19)15-8-12-17(25)13-9-15/h6-13,18,22H,1-5H2,(H,26,27). The van der Waals surface area contributed by atoms with Crippen LogP contribution in [0.25, 0.3) is 11.3 Å². The first-order chi connectivity index (χ1) is 14.1. The molecule has 5 rings (SSSR count). The average molecular weight is 410 g/mol. The number of benzene rings is 2. The van der Waals surface area contributed by atoms with Crippen molar-refractivity contribution in [2.45, 2.75) is 44.2 Å². The Morgan fingerprint density at radius 2 is 1.69 bits per heavy atom. The smallest absolute Gasteiger partial charge is 0.273 e. The topological polar surface area (TPSA) is 49.0 Å². The Morgan fingerprint density at radius 3 is 2.38 bits per heavy atom. The van der Waals surface area contributed by atoms with Gasteiger partial charge in [0.15, 0.2) is 0 Å². The van der Waals surface area contributed by atoms with Gasteiger partial charge in [-0.2, -0.15) is 5.10 Å². The van der Waals surface area contributed by atoms with Crippen molar-refractivity contribution in [2.24, 2.45) is 0 Å². The monoisotopic (exact) mass is 409 g/mol. The second-order valence-electron chi connectivity index (χ2n) is 7.83. The number of hydrogen-bond donors (Lipinski definition) is 1. The van der Waals surface area contributed by atoms with E-state index < -0.39 is 0 Å². The molecule has 0 saturated heterocycles. The van der Waals surface area contributed by atoms with E-state index in [2.05, 4.69) is 10.2 Å². The minimum absolute atomic E-state index is 0.0195. The molecule has 1 saturated carbocycles. The van der Waals surface area contributed by atoms with Crippen molar-refractivity contribution < 1.29 is 9.18 Å². The van der Waals surface area contributed by atoms with E-state index >= 15 is 0 Å². The van der Waals surface area contributed by atoms with Crippen LogP contribution in [0.2, 0.25) is 5.02 Å². The number of H-pyrrole nitrogens is 1. The van der Waals surface area contributed by atoms with Gasteiger partial charge >= 0.3 is 0 Å². The molecule has 29 heavy (non-hydrogen) atoms. The summed E-state index contributed by atoms with van der Waals surface area (Å²) in [5.41, 5.74) is 3.96. The van der Waals surface area contributed by atoms with E-state index in [1.165, 1.54) is 18.6 Å². The Bertz CT molecular complexity index is 1040. The van der Waals surface area contributed by atoms with Crippen LogP contribution >= 0.6 is 11.6 Å². The zero-order valence-corrected chi connectivity index (χ0v) is 16.6. The van der Waals surface area contributed by atoms with E-state index in [4.69, 9.17) is 11.6 Å². The summed E-state index contributed by atoms with van der Waals surface area (Å²) in [7, 11) is 0. The summed E-state index contributed by atoms with van der Waals surface area (Å²) in [5, 5.41) is 8.10. The number of halogens is 2. The van der Waals surface area contributed by atoms with Gasteiger partial charge in [-0.3, -0.25) is 9.89 Å². The average Bonchev–Trinajstić information content (AvgIpc) is 3.29. The first-order valence-electron chi connectivity index (χ1n) is 10.1. The van der Waals surface area contributed by atoms with E-state index in [1.807, 2.05) is 29.2 Å². The van der Waals surface area contributed by atoms with Crippen molar-refractivity contribution >= 4 is 17.5 Å². The normalized spacial score (nSPS) is 19.6. The van der Waals surface area contributed by atoms with Crippen LogP contribution in [0.15, 0.2) is 48.5 Å². The molecule has 1 aliphatic heterocycles. The summed E-state index contributed by atoms with van der Waals surface area (Å²) in [4.78, 5) is 15.4. The van der Waals surface area contributed by atoms with Crippen LogP contribution in [0.4, 0.5) is 4.39 Å². The summed E-state index contributed by atoms with van der Waals surface area (Å²) >= 11 is 6.05. The van der Waals surface area contributed by atoms with Crippen LogP contribution in [0.3, 0.4) is 0 Å². The molecule has 1 atom stereocenters. The molecule has 1 aromatic heterocycles. The SMILES string of the molecule is O=C1c2[nH]nc(-c3ccc(Cl)cc3)c2C(c2ccc(F)cc2)N1C1CCCCC1. The van der Waals surface area contributed by atoms with Crippen molar-refractivity contribution in [3.63, 3.8) is 0 Å². The number of carbonyl (C=O) groups is 1. The highest BCUT2D eigenvalue weighted by molar-refractivity contribution is 6.30. The lowest BCUT2D eigenvalue weighted by Crippen LogP contribution is -2.40. The molecule has 1 fully saturated rings. The predicted octanol–water partition coefficient (Wildman–Crippen LogP) is 5.75. The Morgan fingerprint density at radius 1 is 1.00 bits per heavy atom. The van der Waals surface area contributed by atoms with Crippen LogP contribution in [0.5, 0.6) is 0 Å². The molecule has 0 bridgehead atoms. The highest BCUT2D eigenvalue weighted by atomic mass is 35.5. The maximum Gasteiger partial charge on any atom is 0.273 e. The van der Waals surface area contributed by atoms with Crippen molar-refractivity contribution in [1.29, 1.82) is 0 Å².